The summed E-state index contributed by atoms with van der Waals surface area (Å²) in [6.45, 7) is 2.50. The zero-order chi connectivity index (χ0) is 12.8. The van der Waals surface area contributed by atoms with E-state index < -0.39 is 0 Å². The first-order valence-corrected chi connectivity index (χ1v) is 6.35. The molecular formula is C12H20N4O2. The molecule has 1 aliphatic heterocycles. The Hall–Kier alpha value is -1.40. The van der Waals surface area contributed by atoms with Crippen LogP contribution in [0.5, 0.6) is 0 Å². The number of nitrogens with zero attached hydrogens (tertiary/aromatic N) is 2. The summed E-state index contributed by atoms with van der Waals surface area (Å²) in [4.78, 5) is 11.6. The molecule has 0 aliphatic carbocycles. The van der Waals surface area contributed by atoms with Gasteiger partial charge in [0.2, 0.25) is 5.91 Å². The second-order valence-electron chi connectivity index (χ2n) is 4.52. The Morgan fingerprint density at radius 1 is 1.61 bits per heavy atom. The van der Waals surface area contributed by atoms with Crippen molar-refractivity contribution in [2.24, 2.45) is 7.05 Å². The number of hydrogen-bond donors (Lipinski definition) is 2. The Morgan fingerprint density at radius 3 is 3.06 bits per heavy atom. The zero-order valence-corrected chi connectivity index (χ0v) is 10.7. The molecule has 6 nitrogen and oxygen atoms in total. The first kappa shape index (κ1) is 13.0. The fourth-order valence-corrected chi connectivity index (χ4v) is 1.99. The van der Waals surface area contributed by atoms with Crippen molar-refractivity contribution in [1.29, 1.82) is 0 Å². The lowest BCUT2D eigenvalue weighted by Gasteiger charge is -2.22. The molecule has 0 aromatic carbocycles. The first-order valence-electron chi connectivity index (χ1n) is 6.35. The van der Waals surface area contributed by atoms with Crippen LogP contribution in [-0.2, 0) is 16.6 Å². The standard InChI is InChI=1S/C12H20N4O2/c1-16-9-10(8-14-16)15-12(17)4-7-18-11-2-5-13-6-3-11/h8-9,11,13H,2-7H2,1H3,(H,15,17). The lowest BCUT2D eigenvalue weighted by molar-refractivity contribution is -0.117. The number of aryl methyl sites for hydroxylation is 1. The molecule has 2 N–H and O–H groups in total. The Kier molecular flexibility index (Phi) is 4.72. The van der Waals surface area contributed by atoms with E-state index in [1.54, 1.807) is 17.1 Å². The summed E-state index contributed by atoms with van der Waals surface area (Å²) in [5.41, 5.74) is 0.726. The summed E-state index contributed by atoms with van der Waals surface area (Å²) in [6.07, 6.45) is 6.15. The van der Waals surface area contributed by atoms with Gasteiger partial charge in [-0.25, -0.2) is 0 Å². The van der Waals surface area contributed by atoms with Crippen LogP contribution in [0.1, 0.15) is 19.3 Å². The maximum atomic E-state index is 11.6. The topological polar surface area (TPSA) is 68.2 Å². The Morgan fingerprint density at radius 2 is 2.39 bits per heavy atom. The molecule has 1 saturated heterocycles. The number of ether oxygens (including phenoxy) is 1. The molecular weight excluding hydrogens is 232 g/mol. The highest BCUT2D eigenvalue weighted by Crippen LogP contribution is 2.08. The third-order valence-corrected chi connectivity index (χ3v) is 2.96. The largest absolute Gasteiger partial charge is 0.378 e. The average molecular weight is 252 g/mol. The number of anilines is 1. The normalized spacial score (nSPS) is 16.7. The van der Waals surface area contributed by atoms with Crippen LogP contribution >= 0.6 is 0 Å². The summed E-state index contributed by atoms with van der Waals surface area (Å²) in [7, 11) is 1.82. The van der Waals surface area contributed by atoms with Crippen LogP contribution in [0.3, 0.4) is 0 Å². The van der Waals surface area contributed by atoms with E-state index in [-0.39, 0.29) is 5.91 Å². The molecule has 0 saturated carbocycles. The quantitative estimate of drug-likeness (QED) is 0.801. The number of piperidine rings is 1. The van der Waals surface area contributed by atoms with Gasteiger partial charge in [0, 0.05) is 13.2 Å². The van der Waals surface area contributed by atoms with Crippen LogP contribution in [0.4, 0.5) is 5.69 Å². The molecule has 1 aromatic heterocycles. The van der Waals surface area contributed by atoms with Crippen LogP contribution in [0, 0.1) is 0 Å². The number of carbonyl (C=O) groups excluding carboxylic acids is 1. The van der Waals surface area contributed by atoms with Crippen LogP contribution in [0.25, 0.3) is 0 Å². The zero-order valence-electron chi connectivity index (χ0n) is 10.7. The van der Waals surface area contributed by atoms with Crippen molar-refractivity contribution >= 4 is 11.6 Å². The summed E-state index contributed by atoms with van der Waals surface area (Å²) in [6, 6.07) is 0. The molecule has 18 heavy (non-hydrogen) atoms. The van der Waals surface area contributed by atoms with Crippen LogP contribution in [-0.4, -0.2) is 41.5 Å². The minimum Gasteiger partial charge on any atom is -0.378 e. The van der Waals surface area contributed by atoms with E-state index in [0.29, 0.717) is 19.1 Å². The smallest absolute Gasteiger partial charge is 0.226 e. The molecule has 0 atom stereocenters. The SMILES string of the molecule is Cn1cc(NC(=O)CCOC2CCNCC2)cn1. The molecule has 1 fully saturated rings. The van der Waals surface area contributed by atoms with Gasteiger partial charge in [-0.3, -0.25) is 9.48 Å². The second kappa shape index (κ2) is 6.51. The summed E-state index contributed by atoms with van der Waals surface area (Å²) < 4.78 is 7.33. The predicted octanol–water partition coefficient (Wildman–Crippen LogP) is 0.517. The molecule has 6 heteroatoms. The van der Waals surface area contributed by atoms with Gasteiger partial charge in [-0.15, -0.1) is 0 Å². The van der Waals surface area contributed by atoms with Crippen molar-refractivity contribution in [3.05, 3.63) is 12.4 Å². The first-order chi connectivity index (χ1) is 8.74. The highest BCUT2D eigenvalue weighted by atomic mass is 16.5. The summed E-state index contributed by atoms with van der Waals surface area (Å²) in [5.74, 6) is -0.0306. The third-order valence-electron chi connectivity index (χ3n) is 2.96. The van der Waals surface area contributed by atoms with Gasteiger partial charge in [-0.2, -0.15) is 5.10 Å². The van der Waals surface area contributed by atoms with Crippen molar-refractivity contribution in [1.82, 2.24) is 15.1 Å². The van der Waals surface area contributed by atoms with E-state index in [1.807, 2.05) is 7.05 Å². The number of nitrogens with one attached hydrogen (secondary N) is 2. The van der Waals surface area contributed by atoms with Gasteiger partial charge in [0.15, 0.2) is 0 Å². The number of hydrogen-bond acceptors (Lipinski definition) is 4. The van der Waals surface area contributed by atoms with Gasteiger partial charge in [-0.05, 0) is 25.9 Å². The lowest BCUT2D eigenvalue weighted by atomic mass is 10.1. The molecule has 1 aliphatic rings. The van der Waals surface area contributed by atoms with E-state index in [0.717, 1.165) is 31.6 Å². The summed E-state index contributed by atoms with van der Waals surface area (Å²) >= 11 is 0. The monoisotopic (exact) mass is 252 g/mol. The van der Waals surface area contributed by atoms with Crippen molar-refractivity contribution in [3.63, 3.8) is 0 Å². The Labute approximate surface area is 107 Å². The molecule has 100 valence electrons. The van der Waals surface area contributed by atoms with Crippen LogP contribution in [0.15, 0.2) is 12.4 Å². The van der Waals surface area contributed by atoms with Crippen LogP contribution < -0.4 is 10.6 Å². The van der Waals surface area contributed by atoms with Gasteiger partial charge in [0.25, 0.3) is 0 Å². The molecule has 1 aromatic rings. The second-order valence-corrected chi connectivity index (χ2v) is 4.52. The maximum Gasteiger partial charge on any atom is 0.226 e. The molecule has 0 radical (unpaired) electrons. The highest BCUT2D eigenvalue weighted by molar-refractivity contribution is 5.90. The average Bonchev–Trinajstić information content (AvgIpc) is 2.76. The maximum absolute atomic E-state index is 11.6. The van der Waals surface area contributed by atoms with Gasteiger partial charge in [-0.1, -0.05) is 0 Å². The van der Waals surface area contributed by atoms with Crippen molar-refractivity contribution in [2.45, 2.75) is 25.4 Å². The third kappa shape index (κ3) is 4.12. The van der Waals surface area contributed by atoms with E-state index in [9.17, 15) is 4.79 Å². The molecule has 0 bridgehead atoms. The van der Waals surface area contributed by atoms with Gasteiger partial charge < -0.3 is 15.4 Å². The van der Waals surface area contributed by atoms with E-state index in [1.165, 1.54) is 0 Å². The highest BCUT2D eigenvalue weighted by Gasteiger charge is 2.13. The van der Waals surface area contributed by atoms with E-state index in [4.69, 9.17) is 4.74 Å². The minimum atomic E-state index is -0.0306. The fraction of sp³-hybridized carbons (Fsp3) is 0.667. The fourth-order valence-electron chi connectivity index (χ4n) is 1.99. The summed E-state index contributed by atoms with van der Waals surface area (Å²) in [5, 5.41) is 10.1. The molecule has 1 amide bonds. The molecule has 2 rings (SSSR count). The van der Waals surface area contributed by atoms with E-state index >= 15 is 0 Å². The van der Waals surface area contributed by atoms with E-state index in [2.05, 4.69) is 15.7 Å². The van der Waals surface area contributed by atoms with Gasteiger partial charge in [0.1, 0.15) is 0 Å². The van der Waals surface area contributed by atoms with Crippen molar-refractivity contribution in [2.75, 3.05) is 25.0 Å². The predicted molar refractivity (Wildman–Crippen MR) is 68.3 cm³/mol. The number of carbonyl (C=O) groups is 1. The van der Waals surface area contributed by atoms with Gasteiger partial charge >= 0.3 is 0 Å². The molecule has 0 unspecified atom stereocenters. The van der Waals surface area contributed by atoms with Gasteiger partial charge in [0.05, 0.1) is 31.0 Å². The molecule has 0 spiro atoms. The minimum absolute atomic E-state index is 0.0306. The Bertz CT molecular complexity index is 385. The Balaban J connectivity index is 1.62. The van der Waals surface area contributed by atoms with Crippen molar-refractivity contribution < 1.29 is 9.53 Å². The molecule has 2 heterocycles. The van der Waals surface area contributed by atoms with Crippen molar-refractivity contribution in [3.8, 4) is 0 Å². The van der Waals surface area contributed by atoms with Crippen LogP contribution in [0.2, 0.25) is 0 Å². The number of amides is 1. The number of aromatic nitrogens is 2. The lowest BCUT2D eigenvalue weighted by Crippen LogP contribution is -2.33. The number of rotatable bonds is 5.